The standard InChI is InChI=1S/C16H28N4O2/c1-5-20-11-13(10-18-20)9-17-14-7-6-8-19(12-14)15(21)22-16(2,3)4/h10-11,14,17H,5-9,12H2,1-4H3/t14-/m0/s1. The first-order chi connectivity index (χ1) is 10.4. The number of carbonyl (C=O) groups is 1. The second kappa shape index (κ2) is 7.13. The van der Waals surface area contributed by atoms with Gasteiger partial charge in [0, 0.05) is 44.0 Å². The van der Waals surface area contributed by atoms with Crippen LogP contribution < -0.4 is 5.32 Å². The molecule has 6 heteroatoms. The Labute approximate surface area is 132 Å². The van der Waals surface area contributed by atoms with Crippen LogP contribution in [0.4, 0.5) is 4.79 Å². The Morgan fingerprint density at radius 3 is 2.91 bits per heavy atom. The second-order valence-electron chi connectivity index (χ2n) is 6.85. The van der Waals surface area contributed by atoms with Crippen molar-refractivity contribution in [2.75, 3.05) is 13.1 Å². The molecule has 1 saturated heterocycles. The van der Waals surface area contributed by atoms with E-state index < -0.39 is 5.60 Å². The normalized spacial score (nSPS) is 19.3. The number of carbonyl (C=O) groups excluding carboxylic acids is 1. The van der Waals surface area contributed by atoms with E-state index in [1.54, 1.807) is 0 Å². The van der Waals surface area contributed by atoms with Crippen LogP contribution in [-0.2, 0) is 17.8 Å². The third kappa shape index (κ3) is 5.02. The number of nitrogens with zero attached hydrogens (tertiary/aromatic N) is 3. The Morgan fingerprint density at radius 1 is 1.50 bits per heavy atom. The lowest BCUT2D eigenvalue weighted by Crippen LogP contribution is -2.49. The summed E-state index contributed by atoms with van der Waals surface area (Å²) in [6, 6.07) is 0.311. The van der Waals surface area contributed by atoms with Crippen LogP contribution in [0, 0.1) is 0 Å². The molecule has 0 radical (unpaired) electrons. The monoisotopic (exact) mass is 308 g/mol. The fourth-order valence-electron chi connectivity index (χ4n) is 2.57. The van der Waals surface area contributed by atoms with Crippen molar-refractivity contribution < 1.29 is 9.53 Å². The van der Waals surface area contributed by atoms with Crippen LogP contribution in [0.2, 0.25) is 0 Å². The summed E-state index contributed by atoms with van der Waals surface area (Å²) >= 11 is 0. The number of rotatable bonds is 4. The highest BCUT2D eigenvalue weighted by atomic mass is 16.6. The molecule has 1 aliphatic rings. The van der Waals surface area contributed by atoms with Gasteiger partial charge in [-0.2, -0.15) is 5.10 Å². The van der Waals surface area contributed by atoms with E-state index in [1.165, 1.54) is 5.56 Å². The minimum absolute atomic E-state index is 0.210. The number of nitrogens with one attached hydrogen (secondary N) is 1. The first kappa shape index (κ1) is 16.8. The SMILES string of the molecule is CCn1cc(CN[C@H]2CCCN(C(=O)OC(C)(C)C)C2)cn1. The molecule has 0 saturated carbocycles. The van der Waals surface area contributed by atoms with E-state index in [4.69, 9.17) is 4.74 Å². The lowest BCUT2D eigenvalue weighted by Gasteiger charge is -2.34. The molecule has 0 aliphatic carbocycles. The summed E-state index contributed by atoms with van der Waals surface area (Å²) < 4.78 is 7.37. The van der Waals surface area contributed by atoms with Crippen molar-refractivity contribution in [1.29, 1.82) is 0 Å². The average Bonchev–Trinajstić information content (AvgIpc) is 2.92. The zero-order chi connectivity index (χ0) is 16.2. The number of amides is 1. The predicted molar refractivity (Wildman–Crippen MR) is 85.6 cm³/mol. The van der Waals surface area contributed by atoms with E-state index in [2.05, 4.69) is 23.5 Å². The van der Waals surface area contributed by atoms with Crippen molar-refractivity contribution in [1.82, 2.24) is 20.0 Å². The molecule has 1 fully saturated rings. The van der Waals surface area contributed by atoms with E-state index in [9.17, 15) is 4.79 Å². The number of piperidine rings is 1. The van der Waals surface area contributed by atoms with Gasteiger partial charge in [-0.3, -0.25) is 4.68 Å². The van der Waals surface area contributed by atoms with Gasteiger partial charge < -0.3 is 15.0 Å². The molecule has 1 aromatic rings. The zero-order valence-corrected chi connectivity index (χ0v) is 14.1. The summed E-state index contributed by atoms with van der Waals surface area (Å²) in [7, 11) is 0. The molecule has 2 heterocycles. The van der Waals surface area contributed by atoms with Gasteiger partial charge in [0.05, 0.1) is 6.20 Å². The van der Waals surface area contributed by atoms with Crippen LogP contribution in [-0.4, -0.2) is 45.5 Å². The molecule has 0 spiro atoms. The van der Waals surface area contributed by atoms with Gasteiger partial charge in [0.25, 0.3) is 0 Å². The van der Waals surface area contributed by atoms with Crippen LogP contribution in [0.1, 0.15) is 46.1 Å². The van der Waals surface area contributed by atoms with Gasteiger partial charge in [0.1, 0.15) is 5.60 Å². The van der Waals surface area contributed by atoms with E-state index >= 15 is 0 Å². The maximum absolute atomic E-state index is 12.1. The highest BCUT2D eigenvalue weighted by Gasteiger charge is 2.27. The molecular weight excluding hydrogens is 280 g/mol. The maximum atomic E-state index is 12.1. The Bertz CT molecular complexity index is 493. The van der Waals surface area contributed by atoms with Gasteiger partial charge in [0.2, 0.25) is 0 Å². The summed E-state index contributed by atoms with van der Waals surface area (Å²) in [5.74, 6) is 0. The van der Waals surface area contributed by atoms with Gasteiger partial charge in [0.15, 0.2) is 0 Å². The molecule has 1 aromatic heterocycles. The molecule has 22 heavy (non-hydrogen) atoms. The van der Waals surface area contributed by atoms with Crippen LogP contribution in [0.25, 0.3) is 0 Å². The molecule has 2 rings (SSSR count). The van der Waals surface area contributed by atoms with E-state index in [-0.39, 0.29) is 6.09 Å². The van der Waals surface area contributed by atoms with Crippen molar-refractivity contribution in [2.24, 2.45) is 0 Å². The average molecular weight is 308 g/mol. The zero-order valence-electron chi connectivity index (χ0n) is 14.1. The molecule has 1 N–H and O–H groups in total. The Hall–Kier alpha value is -1.56. The van der Waals surface area contributed by atoms with Crippen molar-refractivity contribution in [3.8, 4) is 0 Å². The molecule has 0 bridgehead atoms. The fraction of sp³-hybridized carbons (Fsp3) is 0.750. The van der Waals surface area contributed by atoms with Gasteiger partial charge >= 0.3 is 6.09 Å². The lowest BCUT2D eigenvalue weighted by molar-refractivity contribution is 0.0187. The molecule has 0 aromatic carbocycles. The molecule has 0 unspecified atom stereocenters. The van der Waals surface area contributed by atoms with E-state index in [0.717, 1.165) is 32.5 Å². The number of likely N-dealkylation sites (tertiary alicyclic amines) is 1. The van der Waals surface area contributed by atoms with Crippen molar-refractivity contribution in [2.45, 2.75) is 65.3 Å². The number of aryl methyl sites for hydroxylation is 1. The second-order valence-corrected chi connectivity index (χ2v) is 6.85. The van der Waals surface area contributed by atoms with Crippen LogP contribution in [0.15, 0.2) is 12.4 Å². The summed E-state index contributed by atoms with van der Waals surface area (Å²) in [6.07, 6.45) is 5.83. The van der Waals surface area contributed by atoms with Crippen LogP contribution >= 0.6 is 0 Å². The Balaban J connectivity index is 1.81. The summed E-state index contributed by atoms with van der Waals surface area (Å²) in [6.45, 7) is 10.9. The van der Waals surface area contributed by atoms with Gasteiger partial charge in [-0.05, 0) is 40.5 Å². The third-order valence-corrected chi connectivity index (χ3v) is 3.68. The molecule has 124 valence electrons. The minimum atomic E-state index is -0.438. The van der Waals surface area contributed by atoms with E-state index in [1.807, 2.05) is 36.5 Å². The predicted octanol–water partition coefficient (Wildman–Crippen LogP) is 2.39. The van der Waals surface area contributed by atoms with Gasteiger partial charge in [-0.15, -0.1) is 0 Å². The minimum Gasteiger partial charge on any atom is -0.444 e. The topological polar surface area (TPSA) is 59.4 Å². The largest absolute Gasteiger partial charge is 0.444 e. The first-order valence-electron chi connectivity index (χ1n) is 8.10. The number of hydrogen-bond acceptors (Lipinski definition) is 4. The van der Waals surface area contributed by atoms with Crippen molar-refractivity contribution >= 4 is 6.09 Å². The fourth-order valence-corrected chi connectivity index (χ4v) is 2.57. The molecular formula is C16H28N4O2. The number of ether oxygens (including phenoxy) is 1. The number of aromatic nitrogens is 2. The third-order valence-electron chi connectivity index (χ3n) is 3.68. The Kier molecular flexibility index (Phi) is 5.45. The summed E-state index contributed by atoms with van der Waals surface area (Å²) in [4.78, 5) is 13.9. The van der Waals surface area contributed by atoms with E-state index in [0.29, 0.717) is 12.6 Å². The molecule has 1 aliphatic heterocycles. The molecule has 1 amide bonds. The molecule has 1 atom stereocenters. The van der Waals surface area contributed by atoms with Crippen LogP contribution in [0.3, 0.4) is 0 Å². The molecule has 6 nitrogen and oxygen atoms in total. The van der Waals surface area contributed by atoms with Gasteiger partial charge in [-0.25, -0.2) is 4.79 Å². The lowest BCUT2D eigenvalue weighted by atomic mass is 10.1. The van der Waals surface area contributed by atoms with Crippen LogP contribution in [0.5, 0.6) is 0 Å². The smallest absolute Gasteiger partial charge is 0.410 e. The van der Waals surface area contributed by atoms with Crippen molar-refractivity contribution in [3.63, 3.8) is 0 Å². The number of hydrogen-bond donors (Lipinski definition) is 1. The quantitative estimate of drug-likeness (QED) is 0.928. The van der Waals surface area contributed by atoms with Gasteiger partial charge in [-0.1, -0.05) is 0 Å². The van der Waals surface area contributed by atoms with Crippen molar-refractivity contribution in [3.05, 3.63) is 18.0 Å². The highest BCUT2D eigenvalue weighted by Crippen LogP contribution is 2.15. The maximum Gasteiger partial charge on any atom is 0.410 e. The highest BCUT2D eigenvalue weighted by molar-refractivity contribution is 5.68. The summed E-state index contributed by atoms with van der Waals surface area (Å²) in [5, 5.41) is 7.79. The summed E-state index contributed by atoms with van der Waals surface area (Å²) in [5.41, 5.74) is 0.739. The Morgan fingerprint density at radius 2 is 2.27 bits per heavy atom. The first-order valence-corrected chi connectivity index (χ1v) is 8.10.